The second kappa shape index (κ2) is 4.30. The first-order chi connectivity index (χ1) is 7.51. The van der Waals surface area contributed by atoms with E-state index in [-0.39, 0.29) is 0 Å². The lowest BCUT2D eigenvalue weighted by molar-refractivity contribution is -0.980. The summed E-state index contributed by atoms with van der Waals surface area (Å²) in [5.41, 5.74) is 0. The molecule has 1 unspecified atom stereocenters. The van der Waals surface area contributed by atoms with E-state index in [1.807, 2.05) is 0 Å². The van der Waals surface area contributed by atoms with Gasteiger partial charge in [-0.15, -0.1) is 0 Å². The Morgan fingerprint density at radius 2 is 1.88 bits per heavy atom. The molecule has 0 amide bonds. The number of piperidine rings is 2. The van der Waals surface area contributed by atoms with Crippen LogP contribution in [0.1, 0.15) is 47.5 Å². The highest BCUT2D eigenvalue weighted by molar-refractivity contribution is 4.90. The standard InChI is InChI=1S/C14H29N2/c1-6-16(12(4)5)10-13-7-8-14(16)9-15(13)11(2)3/h11-14H,6-10H2,1-5H3/q+1/t13-,14-,16?/m1/s1. The lowest BCUT2D eigenvalue weighted by Crippen LogP contribution is -2.74. The van der Waals surface area contributed by atoms with Gasteiger partial charge < -0.3 is 4.48 Å². The van der Waals surface area contributed by atoms with E-state index < -0.39 is 0 Å². The summed E-state index contributed by atoms with van der Waals surface area (Å²) in [7, 11) is 0. The molecule has 3 atom stereocenters. The van der Waals surface area contributed by atoms with Crippen molar-refractivity contribution in [1.29, 1.82) is 0 Å². The smallest absolute Gasteiger partial charge is 0.102 e. The quantitative estimate of drug-likeness (QED) is 0.667. The third kappa shape index (κ3) is 1.70. The van der Waals surface area contributed by atoms with Crippen molar-refractivity contribution in [2.24, 2.45) is 0 Å². The highest BCUT2D eigenvalue weighted by atomic mass is 15.5. The van der Waals surface area contributed by atoms with Crippen LogP contribution in [-0.2, 0) is 0 Å². The number of rotatable bonds is 3. The molecule has 94 valence electrons. The summed E-state index contributed by atoms with van der Waals surface area (Å²) in [6, 6.07) is 3.29. The molecule has 16 heavy (non-hydrogen) atoms. The molecule has 0 radical (unpaired) electrons. The summed E-state index contributed by atoms with van der Waals surface area (Å²) in [5, 5.41) is 0. The number of hydrogen-bond donors (Lipinski definition) is 0. The first-order valence-electron chi connectivity index (χ1n) is 7.13. The van der Waals surface area contributed by atoms with E-state index >= 15 is 0 Å². The predicted octanol–water partition coefficient (Wildman–Crippen LogP) is 2.49. The zero-order valence-corrected chi connectivity index (χ0v) is 11.7. The van der Waals surface area contributed by atoms with E-state index in [1.165, 1.54) is 37.0 Å². The van der Waals surface area contributed by atoms with Crippen LogP contribution in [0.25, 0.3) is 0 Å². The van der Waals surface area contributed by atoms with Crippen LogP contribution in [0.4, 0.5) is 0 Å². The Morgan fingerprint density at radius 3 is 2.25 bits per heavy atom. The van der Waals surface area contributed by atoms with Gasteiger partial charge in [-0.25, -0.2) is 0 Å². The van der Waals surface area contributed by atoms with Crippen molar-refractivity contribution in [1.82, 2.24) is 4.90 Å². The second-order valence-corrected chi connectivity index (χ2v) is 6.37. The van der Waals surface area contributed by atoms with Crippen LogP contribution in [0.3, 0.4) is 0 Å². The maximum absolute atomic E-state index is 2.75. The van der Waals surface area contributed by atoms with Crippen LogP contribution in [-0.4, -0.2) is 53.2 Å². The maximum Gasteiger partial charge on any atom is 0.102 e. The molecule has 0 aliphatic carbocycles. The van der Waals surface area contributed by atoms with E-state index in [0.29, 0.717) is 0 Å². The van der Waals surface area contributed by atoms with Gasteiger partial charge in [-0.05, 0) is 41.0 Å². The van der Waals surface area contributed by atoms with E-state index in [9.17, 15) is 0 Å². The van der Waals surface area contributed by atoms with Crippen LogP contribution < -0.4 is 0 Å². The lowest BCUT2D eigenvalue weighted by atomic mass is 9.85. The minimum atomic E-state index is 0.735. The Kier molecular flexibility index (Phi) is 3.33. The Hall–Kier alpha value is -0.0800. The molecule has 3 rings (SSSR count). The molecule has 0 N–H and O–H groups in total. The first-order valence-corrected chi connectivity index (χ1v) is 7.13. The molecule has 0 aromatic rings. The number of nitrogens with zero attached hydrogens (tertiary/aromatic N) is 2. The average molecular weight is 225 g/mol. The molecule has 0 aromatic carbocycles. The Bertz CT molecular complexity index is 249. The summed E-state index contributed by atoms with van der Waals surface area (Å²) in [6.45, 7) is 16.0. The van der Waals surface area contributed by atoms with Gasteiger partial charge >= 0.3 is 0 Å². The topological polar surface area (TPSA) is 3.24 Å². The molecule has 2 heteroatoms. The van der Waals surface area contributed by atoms with Gasteiger partial charge in [-0.2, -0.15) is 0 Å². The molecule has 3 aliphatic heterocycles. The number of piperazine rings is 1. The Balaban J connectivity index is 2.19. The third-order valence-corrected chi connectivity index (χ3v) is 5.28. The average Bonchev–Trinajstić information content (AvgIpc) is 2.28. The Morgan fingerprint density at radius 1 is 1.19 bits per heavy atom. The van der Waals surface area contributed by atoms with Crippen molar-refractivity contribution in [3.8, 4) is 0 Å². The van der Waals surface area contributed by atoms with Crippen LogP contribution in [0, 0.1) is 0 Å². The molecule has 3 aliphatic rings. The number of quaternary nitrogens is 1. The van der Waals surface area contributed by atoms with Gasteiger partial charge in [-0.1, -0.05) is 0 Å². The zero-order chi connectivity index (χ0) is 11.9. The fourth-order valence-electron chi connectivity index (χ4n) is 4.21. The van der Waals surface area contributed by atoms with Gasteiger partial charge in [0.05, 0.1) is 31.7 Å². The number of likely N-dealkylation sites (N-methyl/N-ethyl adjacent to an activating group) is 1. The van der Waals surface area contributed by atoms with Crippen molar-refractivity contribution in [3.63, 3.8) is 0 Å². The summed E-state index contributed by atoms with van der Waals surface area (Å²) < 4.78 is 1.38. The minimum absolute atomic E-state index is 0.735. The van der Waals surface area contributed by atoms with Gasteiger partial charge in [-0.3, -0.25) is 4.90 Å². The third-order valence-electron chi connectivity index (χ3n) is 5.28. The monoisotopic (exact) mass is 225 g/mol. The molecule has 0 saturated carbocycles. The second-order valence-electron chi connectivity index (χ2n) is 6.37. The zero-order valence-electron chi connectivity index (χ0n) is 11.7. The van der Waals surface area contributed by atoms with Gasteiger partial charge in [0.2, 0.25) is 0 Å². The van der Waals surface area contributed by atoms with Crippen LogP contribution in [0.2, 0.25) is 0 Å². The van der Waals surface area contributed by atoms with Crippen LogP contribution >= 0.6 is 0 Å². The van der Waals surface area contributed by atoms with Crippen molar-refractivity contribution in [3.05, 3.63) is 0 Å². The highest BCUT2D eigenvalue weighted by Gasteiger charge is 2.51. The fourth-order valence-corrected chi connectivity index (χ4v) is 4.21. The molecule has 3 fully saturated rings. The van der Waals surface area contributed by atoms with Crippen molar-refractivity contribution >= 4 is 0 Å². The lowest BCUT2D eigenvalue weighted by Gasteiger charge is -2.60. The minimum Gasteiger partial charge on any atom is -0.317 e. The van der Waals surface area contributed by atoms with Gasteiger partial charge in [0, 0.05) is 12.5 Å². The molecular weight excluding hydrogens is 196 g/mol. The largest absolute Gasteiger partial charge is 0.317 e. The Labute approximate surface area is 101 Å². The molecule has 0 aromatic heterocycles. The van der Waals surface area contributed by atoms with E-state index in [2.05, 4.69) is 39.5 Å². The first kappa shape index (κ1) is 12.4. The SMILES string of the molecule is CC[N+]1(C(C)C)C[C@H]2CC[C@@H]1CN2C(C)C. The van der Waals surface area contributed by atoms with Crippen LogP contribution in [0.15, 0.2) is 0 Å². The fraction of sp³-hybridized carbons (Fsp3) is 1.00. The predicted molar refractivity (Wildman–Crippen MR) is 69.5 cm³/mol. The van der Waals surface area contributed by atoms with Crippen molar-refractivity contribution in [2.75, 3.05) is 19.6 Å². The van der Waals surface area contributed by atoms with Crippen molar-refractivity contribution < 1.29 is 4.48 Å². The summed E-state index contributed by atoms with van der Waals surface area (Å²) in [4.78, 5) is 2.75. The summed E-state index contributed by atoms with van der Waals surface area (Å²) in [5.74, 6) is 0. The number of hydrogen-bond acceptors (Lipinski definition) is 1. The van der Waals surface area contributed by atoms with Crippen LogP contribution in [0.5, 0.6) is 0 Å². The normalized spacial score (nSPS) is 39.9. The molecule has 0 spiro atoms. The van der Waals surface area contributed by atoms with E-state index in [4.69, 9.17) is 0 Å². The van der Waals surface area contributed by atoms with Crippen molar-refractivity contribution in [2.45, 2.75) is 71.6 Å². The molecule has 2 bridgehead atoms. The highest BCUT2D eigenvalue weighted by Crippen LogP contribution is 2.37. The molecule has 2 nitrogen and oxygen atoms in total. The van der Waals surface area contributed by atoms with E-state index in [0.717, 1.165) is 24.2 Å². The molecule has 3 saturated heterocycles. The number of fused-ring (bicyclic) bond motifs is 3. The van der Waals surface area contributed by atoms with Gasteiger partial charge in [0.25, 0.3) is 0 Å². The molecule has 3 heterocycles. The summed E-state index contributed by atoms with van der Waals surface area (Å²) >= 11 is 0. The van der Waals surface area contributed by atoms with Gasteiger partial charge in [0.15, 0.2) is 0 Å². The molecular formula is C14H29N2+. The maximum atomic E-state index is 2.75. The van der Waals surface area contributed by atoms with E-state index in [1.54, 1.807) is 0 Å². The van der Waals surface area contributed by atoms with Gasteiger partial charge in [0.1, 0.15) is 6.04 Å². The summed E-state index contributed by atoms with van der Waals surface area (Å²) in [6.07, 6.45) is 2.90.